The van der Waals surface area contributed by atoms with Crippen LogP contribution in [0.3, 0.4) is 0 Å². The highest BCUT2D eigenvalue weighted by Crippen LogP contribution is 2.32. The van der Waals surface area contributed by atoms with E-state index in [2.05, 4.69) is 5.32 Å². The Balaban J connectivity index is 1.41. The first-order valence-corrected chi connectivity index (χ1v) is 11.6. The van der Waals surface area contributed by atoms with E-state index in [1.165, 1.54) is 16.4 Å². The van der Waals surface area contributed by atoms with Gasteiger partial charge in [-0.15, -0.1) is 0 Å². The van der Waals surface area contributed by atoms with Crippen molar-refractivity contribution in [1.82, 2.24) is 0 Å². The van der Waals surface area contributed by atoms with Crippen LogP contribution in [0.2, 0.25) is 0 Å². The van der Waals surface area contributed by atoms with Crippen LogP contribution in [-0.4, -0.2) is 34.1 Å². The van der Waals surface area contributed by atoms with Gasteiger partial charge in [-0.05, 0) is 73.5 Å². The molecule has 0 aliphatic carbocycles. The van der Waals surface area contributed by atoms with E-state index < -0.39 is 16.1 Å². The van der Waals surface area contributed by atoms with Gasteiger partial charge in [0.1, 0.15) is 11.5 Å². The smallest absolute Gasteiger partial charge is 0.265 e. The Morgan fingerprint density at radius 1 is 0.969 bits per heavy atom. The van der Waals surface area contributed by atoms with Crippen molar-refractivity contribution in [1.29, 1.82) is 0 Å². The molecular formula is C24H24N2O5S. The van der Waals surface area contributed by atoms with Crippen LogP contribution in [0.5, 0.6) is 11.5 Å². The zero-order valence-corrected chi connectivity index (χ0v) is 18.6. The average molecular weight is 453 g/mol. The first-order valence-electron chi connectivity index (χ1n) is 10.2. The number of ether oxygens (including phenoxy) is 2. The summed E-state index contributed by atoms with van der Waals surface area (Å²) in [4.78, 5) is 12.7. The third-order valence-corrected chi connectivity index (χ3v) is 7.12. The van der Waals surface area contributed by atoms with E-state index in [4.69, 9.17) is 9.47 Å². The van der Waals surface area contributed by atoms with Gasteiger partial charge in [0.2, 0.25) is 0 Å². The van der Waals surface area contributed by atoms with Gasteiger partial charge in [0, 0.05) is 12.2 Å². The molecule has 1 atom stereocenters. The Kier molecular flexibility index (Phi) is 6.05. The lowest BCUT2D eigenvalue weighted by Gasteiger charge is -2.20. The third kappa shape index (κ3) is 4.40. The van der Waals surface area contributed by atoms with Crippen molar-refractivity contribution < 1.29 is 22.7 Å². The quantitative estimate of drug-likeness (QED) is 0.589. The first-order chi connectivity index (χ1) is 15.4. The highest BCUT2D eigenvalue weighted by molar-refractivity contribution is 7.92. The SMILES string of the molecule is COc1ccc(OC(C)C(=O)Nc2ccc(S(=O)(=O)N3CCc4ccccc43)cc2)cc1. The molecule has 0 bridgehead atoms. The summed E-state index contributed by atoms with van der Waals surface area (Å²) >= 11 is 0. The van der Waals surface area contributed by atoms with Crippen molar-refractivity contribution in [3.8, 4) is 11.5 Å². The summed E-state index contributed by atoms with van der Waals surface area (Å²) in [6.45, 7) is 2.06. The van der Waals surface area contributed by atoms with E-state index in [0.29, 0.717) is 30.2 Å². The minimum atomic E-state index is -3.67. The van der Waals surface area contributed by atoms with E-state index >= 15 is 0 Å². The number of amides is 1. The number of hydrogen-bond acceptors (Lipinski definition) is 5. The van der Waals surface area contributed by atoms with Crippen LogP contribution in [0.4, 0.5) is 11.4 Å². The Hall–Kier alpha value is -3.52. The number of methoxy groups -OCH3 is 1. The number of hydrogen-bond donors (Lipinski definition) is 1. The zero-order chi connectivity index (χ0) is 22.7. The minimum Gasteiger partial charge on any atom is -0.497 e. The molecule has 0 saturated carbocycles. The van der Waals surface area contributed by atoms with Crippen LogP contribution in [0.25, 0.3) is 0 Å². The number of nitrogens with one attached hydrogen (secondary N) is 1. The molecule has 0 radical (unpaired) electrons. The van der Waals surface area contributed by atoms with Crippen LogP contribution < -0.4 is 19.1 Å². The van der Waals surface area contributed by atoms with Gasteiger partial charge in [0.25, 0.3) is 15.9 Å². The number of nitrogens with zero attached hydrogens (tertiary/aromatic N) is 1. The number of carbonyl (C=O) groups excluding carboxylic acids is 1. The van der Waals surface area contributed by atoms with Gasteiger partial charge in [0.15, 0.2) is 6.10 Å². The van der Waals surface area contributed by atoms with E-state index in [1.54, 1.807) is 50.4 Å². The van der Waals surface area contributed by atoms with Crippen molar-refractivity contribution in [2.75, 3.05) is 23.3 Å². The molecule has 1 aliphatic heterocycles. The minimum absolute atomic E-state index is 0.176. The van der Waals surface area contributed by atoms with Crippen LogP contribution in [0.15, 0.2) is 77.7 Å². The fraction of sp³-hybridized carbons (Fsp3) is 0.208. The summed E-state index contributed by atoms with van der Waals surface area (Å²) in [5, 5.41) is 2.75. The van der Waals surface area contributed by atoms with E-state index in [-0.39, 0.29) is 10.8 Å². The maximum atomic E-state index is 13.1. The number of sulfonamides is 1. The summed E-state index contributed by atoms with van der Waals surface area (Å²) in [5.74, 6) is 0.896. The molecular weight excluding hydrogens is 428 g/mol. The van der Waals surface area contributed by atoms with E-state index in [9.17, 15) is 13.2 Å². The Morgan fingerprint density at radius 2 is 1.62 bits per heavy atom. The summed E-state index contributed by atoms with van der Waals surface area (Å²) in [5.41, 5.74) is 2.22. The fourth-order valence-electron chi connectivity index (χ4n) is 3.55. The number of rotatable bonds is 7. The molecule has 3 aromatic rings. The maximum absolute atomic E-state index is 13.1. The normalized spacial score (nSPS) is 13.9. The average Bonchev–Trinajstić information content (AvgIpc) is 3.25. The van der Waals surface area contributed by atoms with Gasteiger partial charge in [-0.25, -0.2) is 8.42 Å². The van der Waals surface area contributed by atoms with Crippen molar-refractivity contribution >= 4 is 27.3 Å². The van der Waals surface area contributed by atoms with Gasteiger partial charge in [-0.1, -0.05) is 18.2 Å². The molecule has 0 saturated heterocycles. The molecule has 1 N–H and O–H groups in total. The van der Waals surface area contributed by atoms with Gasteiger partial charge in [-0.3, -0.25) is 9.10 Å². The lowest BCUT2D eigenvalue weighted by molar-refractivity contribution is -0.122. The lowest BCUT2D eigenvalue weighted by atomic mass is 10.2. The Morgan fingerprint density at radius 3 is 2.31 bits per heavy atom. The number of carbonyl (C=O) groups is 1. The summed E-state index contributed by atoms with van der Waals surface area (Å²) < 4.78 is 38.4. The molecule has 1 heterocycles. The van der Waals surface area contributed by atoms with Crippen LogP contribution in [-0.2, 0) is 21.2 Å². The molecule has 7 nitrogen and oxygen atoms in total. The summed E-state index contributed by atoms with van der Waals surface area (Å²) in [6.07, 6.45) is -0.0526. The summed E-state index contributed by atoms with van der Waals surface area (Å²) in [7, 11) is -2.10. The van der Waals surface area contributed by atoms with E-state index in [0.717, 1.165) is 11.3 Å². The molecule has 166 valence electrons. The number of fused-ring (bicyclic) bond motifs is 1. The van der Waals surface area contributed by atoms with Gasteiger partial charge >= 0.3 is 0 Å². The molecule has 4 rings (SSSR count). The standard InChI is InChI=1S/C24H24N2O5S/c1-17(31-21-11-9-20(30-2)10-12-21)24(27)25-19-7-13-22(14-8-19)32(28,29)26-16-15-18-5-3-4-6-23(18)26/h3-14,17H,15-16H2,1-2H3,(H,25,27). The lowest BCUT2D eigenvalue weighted by Crippen LogP contribution is -2.30. The Bertz CT molecular complexity index is 1210. The zero-order valence-electron chi connectivity index (χ0n) is 17.8. The second-order valence-electron chi connectivity index (χ2n) is 7.41. The van der Waals surface area contributed by atoms with Crippen molar-refractivity contribution in [2.45, 2.75) is 24.3 Å². The van der Waals surface area contributed by atoms with E-state index in [1.807, 2.05) is 24.3 Å². The second-order valence-corrected chi connectivity index (χ2v) is 9.27. The molecule has 8 heteroatoms. The fourth-order valence-corrected chi connectivity index (χ4v) is 5.05. The maximum Gasteiger partial charge on any atom is 0.265 e. The number of benzene rings is 3. The molecule has 0 fully saturated rings. The van der Waals surface area contributed by atoms with Crippen molar-refractivity contribution in [3.05, 3.63) is 78.4 Å². The first kappa shape index (κ1) is 21.7. The van der Waals surface area contributed by atoms with Crippen LogP contribution in [0.1, 0.15) is 12.5 Å². The Labute approximate surface area is 187 Å². The van der Waals surface area contributed by atoms with Gasteiger partial charge in [-0.2, -0.15) is 0 Å². The molecule has 1 unspecified atom stereocenters. The third-order valence-electron chi connectivity index (χ3n) is 5.30. The summed E-state index contributed by atoms with van der Waals surface area (Å²) in [6, 6.07) is 20.6. The van der Waals surface area contributed by atoms with Crippen LogP contribution >= 0.6 is 0 Å². The highest BCUT2D eigenvalue weighted by atomic mass is 32.2. The van der Waals surface area contributed by atoms with Crippen LogP contribution in [0, 0.1) is 0 Å². The molecule has 0 spiro atoms. The number of para-hydroxylation sites is 1. The second kappa shape index (κ2) is 8.92. The molecule has 1 aliphatic rings. The number of anilines is 2. The highest BCUT2D eigenvalue weighted by Gasteiger charge is 2.30. The molecule has 1 amide bonds. The molecule has 0 aromatic heterocycles. The predicted octanol–water partition coefficient (Wildman–Crippen LogP) is 3.85. The van der Waals surface area contributed by atoms with Gasteiger partial charge < -0.3 is 14.8 Å². The monoisotopic (exact) mass is 452 g/mol. The largest absolute Gasteiger partial charge is 0.497 e. The van der Waals surface area contributed by atoms with Crippen molar-refractivity contribution in [2.24, 2.45) is 0 Å². The van der Waals surface area contributed by atoms with Crippen molar-refractivity contribution in [3.63, 3.8) is 0 Å². The topological polar surface area (TPSA) is 84.9 Å². The predicted molar refractivity (Wildman–Crippen MR) is 123 cm³/mol. The molecule has 32 heavy (non-hydrogen) atoms. The molecule has 3 aromatic carbocycles. The van der Waals surface area contributed by atoms with Gasteiger partial charge in [0.05, 0.1) is 17.7 Å².